The lowest BCUT2D eigenvalue weighted by Gasteiger charge is -2.31. The summed E-state index contributed by atoms with van der Waals surface area (Å²) in [6.45, 7) is 6.86. The van der Waals surface area contributed by atoms with Crippen molar-refractivity contribution in [3.05, 3.63) is 17.5 Å². The van der Waals surface area contributed by atoms with Crippen LogP contribution >= 0.6 is 0 Å². The summed E-state index contributed by atoms with van der Waals surface area (Å²) in [6.07, 6.45) is 5.05. The van der Waals surface area contributed by atoms with Crippen LogP contribution in [-0.4, -0.2) is 41.4 Å². The van der Waals surface area contributed by atoms with E-state index in [1.165, 1.54) is 43.7 Å². The Hall–Kier alpha value is -0.870. The van der Waals surface area contributed by atoms with Crippen LogP contribution in [0.3, 0.4) is 0 Å². The van der Waals surface area contributed by atoms with Gasteiger partial charge in [-0.1, -0.05) is 6.92 Å². The van der Waals surface area contributed by atoms with Crippen molar-refractivity contribution in [3.63, 3.8) is 0 Å². The summed E-state index contributed by atoms with van der Waals surface area (Å²) in [4.78, 5) is 2.58. The standard InChI is InChI=1S/C15H28N4/c1-4-14-11-15(18(3)17-14)12-19-9-6-13(7-10-19)5-8-16-2/h11,13,16H,4-10,12H2,1-3H3. The highest BCUT2D eigenvalue weighted by Crippen LogP contribution is 2.21. The summed E-state index contributed by atoms with van der Waals surface area (Å²) in [6, 6.07) is 2.26. The molecule has 0 spiro atoms. The molecule has 0 aromatic carbocycles. The maximum Gasteiger partial charge on any atom is 0.0625 e. The second kappa shape index (κ2) is 7.06. The summed E-state index contributed by atoms with van der Waals surface area (Å²) in [5, 5.41) is 7.79. The van der Waals surface area contributed by atoms with Gasteiger partial charge < -0.3 is 5.32 Å². The molecular formula is C15H28N4. The van der Waals surface area contributed by atoms with Crippen molar-refractivity contribution >= 4 is 0 Å². The number of rotatable bonds is 6. The van der Waals surface area contributed by atoms with Crippen LogP contribution in [-0.2, 0) is 20.0 Å². The van der Waals surface area contributed by atoms with Gasteiger partial charge in [0.2, 0.25) is 0 Å². The maximum atomic E-state index is 4.53. The minimum absolute atomic E-state index is 0.918. The van der Waals surface area contributed by atoms with E-state index in [-0.39, 0.29) is 0 Å². The third-order valence-corrected chi connectivity index (χ3v) is 4.28. The van der Waals surface area contributed by atoms with E-state index in [4.69, 9.17) is 0 Å². The van der Waals surface area contributed by atoms with Crippen molar-refractivity contribution in [3.8, 4) is 0 Å². The van der Waals surface area contributed by atoms with Crippen LogP contribution in [0.1, 0.15) is 37.6 Å². The Kier molecular flexibility index (Phi) is 5.40. The van der Waals surface area contributed by atoms with E-state index in [9.17, 15) is 0 Å². The Balaban J connectivity index is 1.80. The van der Waals surface area contributed by atoms with Gasteiger partial charge in [-0.2, -0.15) is 5.10 Å². The lowest BCUT2D eigenvalue weighted by Crippen LogP contribution is -2.34. The van der Waals surface area contributed by atoms with Crippen LogP contribution in [0.5, 0.6) is 0 Å². The van der Waals surface area contributed by atoms with E-state index in [0.29, 0.717) is 0 Å². The fraction of sp³-hybridized carbons (Fsp3) is 0.800. The first-order valence-corrected chi connectivity index (χ1v) is 7.61. The van der Waals surface area contributed by atoms with Crippen LogP contribution < -0.4 is 5.32 Å². The highest BCUT2D eigenvalue weighted by molar-refractivity contribution is 5.10. The summed E-state index contributed by atoms with van der Waals surface area (Å²) in [7, 11) is 4.11. The van der Waals surface area contributed by atoms with E-state index in [1.807, 2.05) is 11.7 Å². The van der Waals surface area contributed by atoms with E-state index in [0.717, 1.165) is 25.4 Å². The van der Waals surface area contributed by atoms with Crippen molar-refractivity contribution in [1.82, 2.24) is 20.0 Å². The summed E-state index contributed by atoms with van der Waals surface area (Å²) in [5.41, 5.74) is 2.56. The Labute approximate surface area is 117 Å². The molecule has 1 fully saturated rings. The van der Waals surface area contributed by atoms with Crippen molar-refractivity contribution in [2.75, 3.05) is 26.7 Å². The van der Waals surface area contributed by atoms with Gasteiger partial charge in [0.1, 0.15) is 0 Å². The molecule has 1 aliphatic heterocycles. The molecule has 0 aliphatic carbocycles. The Morgan fingerprint density at radius 1 is 1.37 bits per heavy atom. The molecule has 19 heavy (non-hydrogen) atoms. The topological polar surface area (TPSA) is 33.1 Å². The molecule has 0 bridgehead atoms. The van der Waals surface area contributed by atoms with Gasteiger partial charge in [-0.25, -0.2) is 0 Å². The van der Waals surface area contributed by atoms with Crippen LogP contribution in [0.4, 0.5) is 0 Å². The first kappa shape index (κ1) is 14.5. The molecule has 4 heteroatoms. The first-order chi connectivity index (χ1) is 9.22. The minimum Gasteiger partial charge on any atom is -0.320 e. The molecule has 108 valence electrons. The molecule has 0 radical (unpaired) electrons. The fourth-order valence-electron chi connectivity index (χ4n) is 2.90. The van der Waals surface area contributed by atoms with Gasteiger partial charge >= 0.3 is 0 Å². The maximum absolute atomic E-state index is 4.53. The highest BCUT2D eigenvalue weighted by atomic mass is 15.3. The second-order valence-corrected chi connectivity index (χ2v) is 5.72. The van der Waals surface area contributed by atoms with Gasteiger partial charge in [-0.15, -0.1) is 0 Å². The molecule has 1 aromatic rings. The zero-order valence-corrected chi connectivity index (χ0v) is 12.7. The second-order valence-electron chi connectivity index (χ2n) is 5.72. The van der Waals surface area contributed by atoms with Crippen LogP contribution in [0.25, 0.3) is 0 Å². The molecule has 1 aliphatic rings. The smallest absolute Gasteiger partial charge is 0.0625 e. The van der Waals surface area contributed by atoms with Gasteiger partial charge in [0.05, 0.1) is 11.4 Å². The molecule has 2 rings (SSSR count). The van der Waals surface area contributed by atoms with Gasteiger partial charge in [0, 0.05) is 13.6 Å². The molecule has 0 amide bonds. The van der Waals surface area contributed by atoms with Crippen molar-refractivity contribution in [1.29, 1.82) is 0 Å². The highest BCUT2D eigenvalue weighted by Gasteiger charge is 2.19. The molecule has 0 atom stereocenters. The lowest BCUT2D eigenvalue weighted by molar-refractivity contribution is 0.169. The number of nitrogens with one attached hydrogen (secondary N) is 1. The van der Waals surface area contributed by atoms with Crippen molar-refractivity contribution < 1.29 is 0 Å². The molecular weight excluding hydrogens is 236 g/mol. The zero-order chi connectivity index (χ0) is 13.7. The van der Waals surface area contributed by atoms with Crippen LogP contribution in [0.15, 0.2) is 6.07 Å². The monoisotopic (exact) mass is 264 g/mol. The summed E-state index contributed by atoms with van der Waals surface area (Å²) in [5.74, 6) is 0.918. The quantitative estimate of drug-likeness (QED) is 0.850. The van der Waals surface area contributed by atoms with Gasteiger partial charge in [0.25, 0.3) is 0 Å². The summed E-state index contributed by atoms with van der Waals surface area (Å²) >= 11 is 0. The van der Waals surface area contributed by atoms with Crippen LogP contribution in [0.2, 0.25) is 0 Å². The molecule has 1 aromatic heterocycles. The Morgan fingerprint density at radius 2 is 2.11 bits per heavy atom. The van der Waals surface area contributed by atoms with E-state index in [1.54, 1.807) is 0 Å². The first-order valence-electron chi connectivity index (χ1n) is 7.61. The number of aromatic nitrogens is 2. The van der Waals surface area contributed by atoms with Gasteiger partial charge in [0.15, 0.2) is 0 Å². The average Bonchev–Trinajstić information content (AvgIpc) is 2.79. The SMILES string of the molecule is CCc1cc(CN2CCC(CCNC)CC2)n(C)n1. The lowest BCUT2D eigenvalue weighted by atomic mass is 9.93. The molecule has 0 saturated carbocycles. The Bertz CT molecular complexity index is 377. The third kappa shape index (κ3) is 4.05. The number of hydrogen-bond acceptors (Lipinski definition) is 3. The average molecular weight is 264 g/mol. The normalized spacial score (nSPS) is 18.1. The molecule has 4 nitrogen and oxygen atoms in total. The van der Waals surface area contributed by atoms with Crippen molar-refractivity contribution in [2.24, 2.45) is 13.0 Å². The zero-order valence-electron chi connectivity index (χ0n) is 12.7. The molecule has 2 heterocycles. The molecule has 0 unspecified atom stereocenters. The number of likely N-dealkylation sites (tertiary alicyclic amines) is 1. The third-order valence-electron chi connectivity index (χ3n) is 4.28. The van der Waals surface area contributed by atoms with Crippen LogP contribution in [0, 0.1) is 5.92 Å². The predicted octanol–water partition coefficient (Wildman–Crippen LogP) is 1.80. The Morgan fingerprint density at radius 3 is 2.68 bits per heavy atom. The van der Waals surface area contributed by atoms with Gasteiger partial charge in [-0.05, 0) is 64.3 Å². The largest absolute Gasteiger partial charge is 0.320 e. The van der Waals surface area contributed by atoms with Gasteiger partial charge in [-0.3, -0.25) is 9.58 Å². The van der Waals surface area contributed by atoms with Crippen molar-refractivity contribution in [2.45, 2.75) is 39.2 Å². The number of hydrogen-bond donors (Lipinski definition) is 1. The number of aryl methyl sites for hydroxylation is 2. The number of nitrogens with zero attached hydrogens (tertiary/aromatic N) is 3. The number of piperidine rings is 1. The predicted molar refractivity (Wildman–Crippen MR) is 79.1 cm³/mol. The minimum atomic E-state index is 0.918. The van der Waals surface area contributed by atoms with E-state index >= 15 is 0 Å². The summed E-state index contributed by atoms with van der Waals surface area (Å²) < 4.78 is 2.05. The van der Waals surface area contributed by atoms with E-state index in [2.05, 4.69) is 35.4 Å². The molecule has 1 saturated heterocycles. The molecule has 1 N–H and O–H groups in total. The van der Waals surface area contributed by atoms with E-state index < -0.39 is 0 Å². The fourth-order valence-corrected chi connectivity index (χ4v) is 2.90.